The van der Waals surface area contributed by atoms with E-state index in [4.69, 9.17) is 0 Å². The van der Waals surface area contributed by atoms with Crippen molar-refractivity contribution in [1.82, 2.24) is 10.6 Å². The predicted molar refractivity (Wildman–Crippen MR) is 89.6 cm³/mol. The van der Waals surface area contributed by atoms with E-state index >= 15 is 0 Å². The van der Waals surface area contributed by atoms with Gasteiger partial charge in [0.25, 0.3) is 0 Å². The summed E-state index contributed by atoms with van der Waals surface area (Å²) >= 11 is 1.74. The van der Waals surface area contributed by atoms with Gasteiger partial charge in [0.2, 0.25) is 5.91 Å². The molecule has 2 rings (SSSR count). The molecule has 1 saturated carbocycles. The van der Waals surface area contributed by atoms with E-state index < -0.39 is 0 Å². The Hall–Kier alpha value is -1.00. The molecule has 0 unspecified atom stereocenters. The van der Waals surface area contributed by atoms with E-state index in [1.807, 2.05) is 18.2 Å². The van der Waals surface area contributed by atoms with Crippen molar-refractivity contribution in [3.63, 3.8) is 0 Å². The molecule has 1 aromatic rings. The number of likely N-dealkylation sites (N-methyl/N-ethyl adjacent to an activating group) is 1. The topological polar surface area (TPSA) is 41.1 Å². The van der Waals surface area contributed by atoms with Crippen LogP contribution < -0.4 is 10.6 Å². The number of hydrogen-bond acceptors (Lipinski definition) is 3. The Morgan fingerprint density at radius 1 is 1.29 bits per heavy atom. The number of thioether (sulfide) groups is 1. The Labute approximate surface area is 132 Å². The molecule has 2 N–H and O–H groups in total. The summed E-state index contributed by atoms with van der Waals surface area (Å²) in [6.07, 6.45) is 4.26. The van der Waals surface area contributed by atoms with Crippen LogP contribution in [0.4, 0.5) is 0 Å². The van der Waals surface area contributed by atoms with Crippen molar-refractivity contribution in [1.29, 1.82) is 0 Å². The van der Waals surface area contributed by atoms with Gasteiger partial charge in [-0.2, -0.15) is 0 Å². The van der Waals surface area contributed by atoms with Gasteiger partial charge in [0.05, 0.1) is 4.75 Å². The SMILES string of the molecule is CCN[C@H](C)CNC(=O)C1(Sc2ccccc2)CCCC1. The number of hydrogen-bond donors (Lipinski definition) is 2. The lowest BCUT2D eigenvalue weighted by Crippen LogP contribution is -2.47. The fourth-order valence-corrected chi connectivity index (χ4v) is 4.27. The number of carbonyl (C=O) groups excluding carboxylic acids is 1. The van der Waals surface area contributed by atoms with Crippen molar-refractivity contribution in [2.75, 3.05) is 13.1 Å². The molecule has 116 valence electrons. The lowest BCUT2D eigenvalue weighted by molar-refractivity contribution is -0.123. The Morgan fingerprint density at radius 2 is 1.95 bits per heavy atom. The molecule has 0 aromatic heterocycles. The second-order valence-corrected chi connectivity index (χ2v) is 7.24. The highest BCUT2D eigenvalue weighted by molar-refractivity contribution is 8.01. The van der Waals surface area contributed by atoms with Crippen molar-refractivity contribution in [3.05, 3.63) is 30.3 Å². The lowest BCUT2D eigenvalue weighted by atomic mass is 10.1. The molecule has 0 saturated heterocycles. The number of nitrogens with one attached hydrogen (secondary N) is 2. The zero-order chi connectivity index (χ0) is 15.1. The fourth-order valence-electron chi connectivity index (χ4n) is 2.86. The molecule has 4 heteroatoms. The third-order valence-corrected chi connectivity index (χ3v) is 5.50. The summed E-state index contributed by atoms with van der Waals surface area (Å²) in [5.74, 6) is 0.207. The van der Waals surface area contributed by atoms with Crippen LogP contribution in [0.2, 0.25) is 0 Å². The third-order valence-electron chi connectivity index (χ3n) is 4.00. The average molecular weight is 306 g/mol. The molecule has 0 heterocycles. The first-order valence-electron chi connectivity index (χ1n) is 7.92. The van der Waals surface area contributed by atoms with Gasteiger partial charge in [0.1, 0.15) is 0 Å². The van der Waals surface area contributed by atoms with E-state index in [1.54, 1.807) is 11.8 Å². The van der Waals surface area contributed by atoms with E-state index in [1.165, 1.54) is 4.90 Å². The highest BCUT2D eigenvalue weighted by Gasteiger charge is 2.42. The van der Waals surface area contributed by atoms with Gasteiger partial charge < -0.3 is 10.6 Å². The highest BCUT2D eigenvalue weighted by Crippen LogP contribution is 2.45. The molecule has 1 aliphatic carbocycles. The van der Waals surface area contributed by atoms with Crippen LogP contribution in [0.1, 0.15) is 39.5 Å². The molecule has 0 bridgehead atoms. The highest BCUT2D eigenvalue weighted by atomic mass is 32.2. The smallest absolute Gasteiger partial charge is 0.236 e. The van der Waals surface area contributed by atoms with Crippen molar-refractivity contribution in [3.8, 4) is 0 Å². The van der Waals surface area contributed by atoms with Crippen molar-refractivity contribution < 1.29 is 4.79 Å². The molecule has 0 radical (unpaired) electrons. The van der Waals surface area contributed by atoms with Gasteiger partial charge in [0.15, 0.2) is 0 Å². The number of carbonyl (C=O) groups is 1. The molecular formula is C17H26N2OS. The Kier molecular flexibility index (Phi) is 6.12. The second kappa shape index (κ2) is 7.85. The molecule has 0 spiro atoms. The van der Waals surface area contributed by atoms with Crippen molar-refractivity contribution in [2.24, 2.45) is 0 Å². The van der Waals surface area contributed by atoms with E-state index in [0.29, 0.717) is 12.6 Å². The summed E-state index contributed by atoms with van der Waals surface area (Å²) in [6.45, 7) is 5.82. The van der Waals surface area contributed by atoms with Crippen LogP contribution in [-0.2, 0) is 4.79 Å². The van der Waals surface area contributed by atoms with Crippen LogP contribution in [0.3, 0.4) is 0 Å². The minimum Gasteiger partial charge on any atom is -0.353 e. The van der Waals surface area contributed by atoms with Crippen molar-refractivity contribution in [2.45, 2.75) is 55.2 Å². The third kappa shape index (κ3) is 4.48. The van der Waals surface area contributed by atoms with Crippen LogP contribution >= 0.6 is 11.8 Å². The zero-order valence-electron chi connectivity index (χ0n) is 13.0. The molecule has 1 aromatic carbocycles. The van der Waals surface area contributed by atoms with Gasteiger partial charge >= 0.3 is 0 Å². The summed E-state index contributed by atoms with van der Waals surface area (Å²) in [5, 5.41) is 6.48. The first-order valence-corrected chi connectivity index (χ1v) is 8.74. The van der Waals surface area contributed by atoms with Gasteiger partial charge in [-0.15, -0.1) is 11.8 Å². The molecule has 3 nitrogen and oxygen atoms in total. The summed E-state index contributed by atoms with van der Waals surface area (Å²) in [4.78, 5) is 13.9. The van der Waals surface area contributed by atoms with Crippen molar-refractivity contribution >= 4 is 17.7 Å². The molecule has 1 atom stereocenters. The van der Waals surface area contributed by atoms with Crippen LogP contribution in [0.5, 0.6) is 0 Å². The molecule has 21 heavy (non-hydrogen) atoms. The first-order chi connectivity index (χ1) is 10.2. The van der Waals surface area contributed by atoms with Gasteiger partial charge in [-0.1, -0.05) is 38.0 Å². The average Bonchev–Trinajstić information content (AvgIpc) is 2.96. The fraction of sp³-hybridized carbons (Fsp3) is 0.588. The van der Waals surface area contributed by atoms with E-state index in [0.717, 1.165) is 32.2 Å². The minimum atomic E-state index is -0.271. The Bertz CT molecular complexity index is 443. The van der Waals surface area contributed by atoms with Gasteiger partial charge in [-0.25, -0.2) is 0 Å². The largest absolute Gasteiger partial charge is 0.353 e. The first kappa shape index (κ1) is 16.4. The summed E-state index contributed by atoms with van der Waals surface area (Å²) in [7, 11) is 0. The maximum absolute atomic E-state index is 12.7. The molecule has 1 amide bonds. The van der Waals surface area contributed by atoms with E-state index in [-0.39, 0.29) is 10.7 Å². The maximum Gasteiger partial charge on any atom is 0.236 e. The zero-order valence-corrected chi connectivity index (χ0v) is 13.8. The molecule has 0 aliphatic heterocycles. The van der Waals surface area contributed by atoms with Crippen LogP contribution in [-0.4, -0.2) is 29.8 Å². The van der Waals surface area contributed by atoms with Gasteiger partial charge in [-0.05, 0) is 38.4 Å². The van der Waals surface area contributed by atoms with Gasteiger partial charge in [-0.3, -0.25) is 4.79 Å². The minimum absolute atomic E-state index is 0.207. The number of rotatable bonds is 7. The predicted octanol–water partition coefficient (Wildman–Crippen LogP) is 3.21. The lowest BCUT2D eigenvalue weighted by Gasteiger charge is -2.28. The second-order valence-electron chi connectivity index (χ2n) is 5.79. The van der Waals surface area contributed by atoms with Crippen LogP contribution in [0.15, 0.2) is 35.2 Å². The Balaban J connectivity index is 1.99. The summed E-state index contributed by atoms with van der Waals surface area (Å²) < 4.78 is -0.271. The summed E-state index contributed by atoms with van der Waals surface area (Å²) in [5.41, 5.74) is 0. The monoisotopic (exact) mass is 306 g/mol. The van der Waals surface area contributed by atoms with Crippen LogP contribution in [0, 0.1) is 0 Å². The number of benzene rings is 1. The Morgan fingerprint density at radius 3 is 2.57 bits per heavy atom. The van der Waals surface area contributed by atoms with Gasteiger partial charge in [0, 0.05) is 17.5 Å². The maximum atomic E-state index is 12.7. The molecule has 1 aliphatic rings. The quantitative estimate of drug-likeness (QED) is 0.813. The van der Waals surface area contributed by atoms with E-state index in [9.17, 15) is 4.79 Å². The standard InChI is InChI=1S/C17H26N2OS/c1-3-18-14(2)13-19-16(20)17(11-7-8-12-17)21-15-9-5-4-6-10-15/h4-6,9-10,14,18H,3,7-8,11-13H2,1-2H3,(H,19,20)/t14-/m1/s1. The summed E-state index contributed by atoms with van der Waals surface area (Å²) in [6, 6.07) is 10.6. The molecular weight excluding hydrogens is 280 g/mol. The number of amides is 1. The normalized spacial score (nSPS) is 18.4. The van der Waals surface area contributed by atoms with Crippen LogP contribution in [0.25, 0.3) is 0 Å². The molecule has 1 fully saturated rings. The van der Waals surface area contributed by atoms with E-state index in [2.05, 4.69) is 36.6 Å².